The van der Waals surface area contributed by atoms with Crippen molar-refractivity contribution in [3.8, 4) is 29.9 Å². The molecule has 7 heteroatoms. The number of hydrogen-bond acceptors (Lipinski definition) is 5. The Kier molecular flexibility index (Phi) is 25.5. The summed E-state index contributed by atoms with van der Waals surface area (Å²) in [6.07, 6.45) is 38.5. The van der Waals surface area contributed by atoms with E-state index in [-0.39, 0.29) is 11.8 Å². The molecular formula is C69H98N2O2S3. The molecule has 7 rings (SSSR count). The lowest BCUT2D eigenvalue weighted by Gasteiger charge is -2.25. The predicted molar refractivity (Wildman–Crippen MR) is 337 cm³/mol. The lowest BCUT2D eigenvalue weighted by atomic mass is 9.93. The number of hydrogen-bond donors (Lipinski definition) is 0. The summed E-state index contributed by atoms with van der Waals surface area (Å²) in [4.78, 5) is 42.3. The second kappa shape index (κ2) is 32.3. The summed E-state index contributed by atoms with van der Waals surface area (Å²) in [5.74, 6) is 0.876. The zero-order chi connectivity index (χ0) is 53.5. The van der Waals surface area contributed by atoms with Crippen molar-refractivity contribution >= 4 is 68.3 Å². The zero-order valence-corrected chi connectivity index (χ0v) is 50.8. The lowest BCUT2D eigenvalue weighted by Crippen LogP contribution is -2.34. The van der Waals surface area contributed by atoms with E-state index < -0.39 is 0 Å². The van der Waals surface area contributed by atoms with E-state index in [1.165, 1.54) is 202 Å². The fourth-order valence-electron chi connectivity index (χ4n) is 12.1. The highest BCUT2D eigenvalue weighted by molar-refractivity contribution is 7.27. The summed E-state index contributed by atoms with van der Waals surface area (Å²) in [5.41, 5.74) is 8.86. The molecule has 0 bridgehead atoms. The second-order valence-electron chi connectivity index (χ2n) is 23.0. The summed E-state index contributed by atoms with van der Waals surface area (Å²) in [7, 11) is 0. The molecule has 0 radical (unpaired) electrons. The van der Waals surface area contributed by atoms with Gasteiger partial charge in [0.2, 0.25) is 0 Å². The molecule has 2 atom stereocenters. The molecule has 0 saturated carbocycles. The Bertz CT molecular complexity index is 2540. The van der Waals surface area contributed by atoms with Gasteiger partial charge in [-0.1, -0.05) is 225 Å². The fourth-order valence-corrected chi connectivity index (χ4v) is 15.3. The first kappa shape index (κ1) is 59.9. The lowest BCUT2D eigenvalue weighted by molar-refractivity contribution is -0.114. The average Bonchev–Trinajstić information content (AvgIpc) is 4.42. The molecule has 0 fully saturated rings. The van der Waals surface area contributed by atoms with Gasteiger partial charge in [0, 0.05) is 48.6 Å². The van der Waals surface area contributed by atoms with Gasteiger partial charge in [0.25, 0.3) is 11.8 Å². The Labute approximate surface area is 474 Å². The quantitative estimate of drug-likeness (QED) is 0.0292. The van der Waals surface area contributed by atoms with Crippen LogP contribution in [0.15, 0.2) is 72.1 Å². The monoisotopic (exact) mass is 1080 g/mol. The number of thiophene rings is 3. The third kappa shape index (κ3) is 16.6. The van der Waals surface area contributed by atoms with Crippen LogP contribution in [0.3, 0.4) is 0 Å². The van der Waals surface area contributed by atoms with E-state index in [0.717, 1.165) is 66.7 Å². The van der Waals surface area contributed by atoms with Crippen molar-refractivity contribution < 1.29 is 9.59 Å². The Morgan fingerprint density at radius 1 is 0.434 bits per heavy atom. The number of fused-ring (bicyclic) bond motifs is 2. The van der Waals surface area contributed by atoms with Crippen LogP contribution in [-0.2, 0) is 16.0 Å². The van der Waals surface area contributed by atoms with Crippen molar-refractivity contribution in [2.24, 2.45) is 11.8 Å². The van der Waals surface area contributed by atoms with Gasteiger partial charge in [0.15, 0.2) is 0 Å². The molecule has 5 aromatic rings. The summed E-state index contributed by atoms with van der Waals surface area (Å²) in [6, 6.07) is 24.9. The van der Waals surface area contributed by atoms with Crippen LogP contribution in [0.2, 0.25) is 0 Å². The standard InChI is InChI=1S/C69H98N2O2S3/c1-7-12-17-22-25-30-36-53(34-28-20-15-10-4)50-70-59-47-52(6)40-42-57(59)65(68(70)72)66-58-43-41-55(48-60(58)71(69(66)73)51-54(35-29-21-16-11-5)37-31-26-23-18-13-8-2)64-49-56(38-32-27-24-19-14-9-3)67(76-64)63-45-44-62(75-63)61-39-33-46-74-61/h33,39-49,53-54H,7-32,34-38,50-51H2,1-6H3/b66-65+. The number of aryl methyl sites for hydroxylation is 2. The number of nitrogens with zero attached hydrogens (tertiary/aromatic N) is 2. The maximum Gasteiger partial charge on any atom is 0.259 e. The SMILES string of the molecule is CCCCCCCCc1cc(-c2ccc3c(c2)N(CC(CCCCCC)CCCCCCCC)C(=O)/C3=C2/C(=O)N(CC(CCCCCC)CCCCCCCC)c3cc(C)ccc32)sc1-c1ccc(-c2cccs2)s1. The Morgan fingerprint density at radius 3 is 1.41 bits per heavy atom. The van der Waals surface area contributed by atoms with Crippen LogP contribution in [0.5, 0.6) is 0 Å². The van der Waals surface area contributed by atoms with Gasteiger partial charge in [0.05, 0.1) is 22.5 Å². The third-order valence-corrected chi connectivity index (χ3v) is 20.2. The van der Waals surface area contributed by atoms with Crippen LogP contribution < -0.4 is 9.80 Å². The van der Waals surface area contributed by atoms with E-state index in [1.54, 1.807) is 0 Å². The first-order valence-corrected chi connectivity index (χ1v) is 33.7. The largest absolute Gasteiger partial charge is 0.307 e. The predicted octanol–water partition coefficient (Wildman–Crippen LogP) is 22.4. The summed E-state index contributed by atoms with van der Waals surface area (Å²) in [5, 5.41) is 2.18. The van der Waals surface area contributed by atoms with Gasteiger partial charge in [-0.05, 0) is 116 Å². The highest BCUT2D eigenvalue weighted by atomic mass is 32.1. The molecule has 2 aliphatic heterocycles. The van der Waals surface area contributed by atoms with Gasteiger partial charge in [0.1, 0.15) is 0 Å². The van der Waals surface area contributed by atoms with Gasteiger partial charge in [-0.25, -0.2) is 0 Å². The molecule has 2 aliphatic rings. The maximum atomic E-state index is 15.8. The van der Waals surface area contributed by atoms with Crippen molar-refractivity contribution in [3.63, 3.8) is 0 Å². The van der Waals surface area contributed by atoms with E-state index >= 15 is 9.59 Å². The molecule has 2 aromatic carbocycles. The molecule has 0 spiro atoms. The molecule has 2 unspecified atom stereocenters. The minimum Gasteiger partial charge on any atom is -0.307 e. The van der Waals surface area contributed by atoms with E-state index in [4.69, 9.17) is 0 Å². The van der Waals surface area contributed by atoms with Gasteiger partial charge in [-0.15, -0.1) is 34.0 Å². The first-order valence-electron chi connectivity index (χ1n) is 31.2. The first-order chi connectivity index (χ1) is 37.3. The Hall–Kier alpha value is -3.78. The summed E-state index contributed by atoms with van der Waals surface area (Å²) < 4.78 is 0. The average molecular weight is 1080 g/mol. The number of carbonyl (C=O) groups excluding carboxylic acids is 2. The number of carbonyl (C=O) groups is 2. The highest BCUT2D eigenvalue weighted by Gasteiger charge is 2.43. The van der Waals surface area contributed by atoms with Gasteiger partial charge in [-0.3, -0.25) is 9.59 Å². The van der Waals surface area contributed by atoms with E-state index in [9.17, 15) is 0 Å². The van der Waals surface area contributed by atoms with E-state index in [0.29, 0.717) is 29.5 Å². The molecule has 0 aliphatic carbocycles. The second-order valence-corrected chi connectivity index (χ2v) is 26.1. The topological polar surface area (TPSA) is 40.6 Å². The van der Waals surface area contributed by atoms with Crippen LogP contribution in [0.1, 0.15) is 249 Å². The van der Waals surface area contributed by atoms with E-state index in [2.05, 4.69) is 123 Å². The highest BCUT2D eigenvalue weighted by Crippen LogP contribution is 2.50. The fraction of sp³-hybridized carbons (Fsp3) is 0.594. The Morgan fingerprint density at radius 2 is 0.895 bits per heavy atom. The van der Waals surface area contributed by atoms with Gasteiger partial charge >= 0.3 is 0 Å². The van der Waals surface area contributed by atoms with Crippen molar-refractivity contribution in [1.29, 1.82) is 0 Å². The van der Waals surface area contributed by atoms with E-state index in [1.807, 2.05) is 34.0 Å². The normalized spacial score (nSPS) is 15.1. The molecular weight excluding hydrogens is 985 g/mol. The Balaban J connectivity index is 1.28. The molecule has 4 nitrogen and oxygen atoms in total. The number of amides is 2. The minimum atomic E-state index is 0.0175. The zero-order valence-electron chi connectivity index (χ0n) is 48.4. The van der Waals surface area contributed by atoms with Crippen LogP contribution in [-0.4, -0.2) is 24.9 Å². The number of unbranched alkanes of at least 4 members (excludes halogenated alkanes) is 21. The molecule has 2 amide bonds. The van der Waals surface area contributed by atoms with Crippen molar-refractivity contribution in [3.05, 3.63) is 94.4 Å². The molecule has 0 saturated heterocycles. The van der Waals surface area contributed by atoms with Crippen molar-refractivity contribution in [2.45, 2.75) is 241 Å². The molecule has 0 N–H and O–H groups in total. The molecule has 5 heterocycles. The van der Waals surface area contributed by atoms with Crippen molar-refractivity contribution in [2.75, 3.05) is 22.9 Å². The maximum absolute atomic E-state index is 15.8. The van der Waals surface area contributed by atoms with Crippen molar-refractivity contribution in [1.82, 2.24) is 0 Å². The molecule has 76 heavy (non-hydrogen) atoms. The molecule has 414 valence electrons. The van der Waals surface area contributed by atoms with Crippen LogP contribution in [0.25, 0.3) is 41.1 Å². The third-order valence-electron chi connectivity index (χ3n) is 16.7. The van der Waals surface area contributed by atoms with Gasteiger partial charge in [-0.2, -0.15) is 0 Å². The van der Waals surface area contributed by atoms with Crippen LogP contribution in [0.4, 0.5) is 11.4 Å². The minimum absolute atomic E-state index is 0.0175. The number of rotatable bonds is 38. The summed E-state index contributed by atoms with van der Waals surface area (Å²) in [6.45, 7) is 15.0. The molecule has 3 aromatic heterocycles. The van der Waals surface area contributed by atoms with Gasteiger partial charge < -0.3 is 9.80 Å². The summed E-state index contributed by atoms with van der Waals surface area (Å²) >= 11 is 5.66. The van der Waals surface area contributed by atoms with Crippen LogP contribution in [0, 0.1) is 18.8 Å². The van der Waals surface area contributed by atoms with Crippen LogP contribution >= 0.6 is 34.0 Å². The smallest absolute Gasteiger partial charge is 0.259 e. The number of benzene rings is 2. The number of anilines is 2.